The molecule has 3 N–H and O–H groups in total. The number of halogens is 1. The number of β-amino-alcohol motifs (C(OH)–C–C–N with tert-alkyl or cyclic N) is 1. The number of aliphatic hydroxyl groups excluding tert-OH is 1. The lowest BCUT2D eigenvalue weighted by molar-refractivity contribution is -0.124. The third-order valence-electron chi connectivity index (χ3n) is 4.47. The van der Waals surface area contributed by atoms with Gasteiger partial charge in [-0.05, 0) is 36.2 Å². The third kappa shape index (κ3) is 5.04. The summed E-state index contributed by atoms with van der Waals surface area (Å²) in [5.74, 6) is -0.646. The van der Waals surface area contributed by atoms with Gasteiger partial charge in [-0.3, -0.25) is 4.79 Å². The Morgan fingerprint density at radius 2 is 1.93 bits per heavy atom. The molecule has 1 fully saturated rings. The van der Waals surface area contributed by atoms with Gasteiger partial charge in [-0.2, -0.15) is 0 Å². The minimum absolute atomic E-state index is 0.0979. The Morgan fingerprint density at radius 3 is 2.67 bits per heavy atom. The van der Waals surface area contributed by atoms with E-state index in [1.807, 2.05) is 6.07 Å². The molecule has 1 saturated heterocycles. The first-order valence-electron chi connectivity index (χ1n) is 8.86. The summed E-state index contributed by atoms with van der Waals surface area (Å²) in [6.07, 6.45) is -0.0753. The number of hydrogen-bond donors (Lipinski definition) is 3. The largest absolute Gasteiger partial charge is 0.391 e. The van der Waals surface area contributed by atoms with E-state index in [1.165, 1.54) is 17.0 Å². The lowest BCUT2D eigenvalue weighted by atomic mass is 10.1. The number of aliphatic hydroxyl groups is 1. The number of amides is 3. The fraction of sp³-hybridized carbons (Fsp3) is 0.300. The normalized spacial score (nSPS) is 19.0. The Bertz CT molecular complexity index is 800. The van der Waals surface area contributed by atoms with Crippen LogP contribution < -0.4 is 10.6 Å². The zero-order valence-electron chi connectivity index (χ0n) is 14.8. The van der Waals surface area contributed by atoms with Crippen molar-refractivity contribution in [2.45, 2.75) is 25.0 Å². The number of nitrogens with one attached hydrogen (secondary N) is 2. The molecule has 0 aliphatic carbocycles. The molecule has 0 aromatic heterocycles. The van der Waals surface area contributed by atoms with Gasteiger partial charge in [0.1, 0.15) is 11.9 Å². The highest BCUT2D eigenvalue weighted by atomic mass is 19.1. The van der Waals surface area contributed by atoms with E-state index in [-0.39, 0.29) is 24.7 Å². The highest BCUT2D eigenvalue weighted by molar-refractivity contribution is 5.94. The highest BCUT2D eigenvalue weighted by Gasteiger charge is 2.38. The molecule has 3 rings (SSSR count). The van der Waals surface area contributed by atoms with E-state index in [1.54, 1.807) is 36.4 Å². The van der Waals surface area contributed by atoms with E-state index >= 15 is 0 Å². The topological polar surface area (TPSA) is 81.7 Å². The summed E-state index contributed by atoms with van der Waals surface area (Å²) in [7, 11) is 0. The smallest absolute Gasteiger partial charge is 0.322 e. The van der Waals surface area contributed by atoms with E-state index in [2.05, 4.69) is 10.6 Å². The molecule has 2 aromatic carbocycles. The molecule has 2 aromatic rings. The first-order chi connectivity index (χ1) is 13.0. The fourth-order valence-electron chi connectivity index (χ4n) is 3.14. The Kier molecular flexibility index (Phi) is 6.03. The van der Waals surface area contributed by atoms with Crippen molar-refractivity contribution in [2.24, 2.45) is 0 Å². The first-order valence-corrected chi connectivity index (χ1v) is 8.86. The third-order valence-corrected chi connectivity index (χ3v) is 4.47. The lowest BCUT2D eigenvalue weighted by Gasteiger charge is -2.24. The van der Waals surface area contributed by atoms with Crippen molar-refractivity contribution in [3.8, 4) is 0 Å². The second-order valence-electron chi connectivity index (χ2n) is 6.52. The van der Waals surface area contributed by atoms with Gasteiger partial charge in [0.05, 0.1) is 6.10 Å². The van der Waals surface area contributed by atoms with Crippen LogP contribution in [0.15, 0.2) is 54.6 Å². The van der Waals surface area contributed by atoms with Crippen molar-refractivity contribution in [1.82, 2.24) is 10.2 Å². The summed E-state index contributed by atoms with van der Waals surface area (Å²) in [6, 6.07) is 14.0. The van der Waals surface area contributed by atoms with Crippen LogP contribution in [0.2, 0.25) is 0 Å². The van der Waals surface area contributed by atoms with E-state index < -0.39 is 18.2 Å². The number of likely N-dealkylation sites (tertiary alicyclic amines) is 1. The molecule has 1 heterocycles. The van der Waals surface area contributed by atoms with Crippen LogP contribution in [0, 0.1) is 5.82 Å². The van der Waals surface area contributed by atoms with Crippen molar-refractivity contribution >= 4 is 17.6 Å². The van der Waals surface area contributed by atoms with E-state index in [0.29, 0.717) is 18.7 Å². The van der Waals surface area contributed by atoms with Crippen molar-refractivity contribution < 1.29 is 19.1 Å². The van der Waals surface area contributed by atoms with Crippen LogP contribution in [0.1, 0.15) is 12.0 Å². The minimum Gasteiger partial charge on any atom is -0.391 e. The monoisotopic (exact) mass is 371 g/mol. The zero-order chi connectivity index (χ0) is 19.2. The number of anilines is 1. The molecule has 0 bridgehead atoms. The molecule has 1 aliphatic heterocycles. The van der Waals surface area contributed by atoms with E-state index in [9.17, 15) is 19.1 Å². The molecule has 142 valence electrons. The molecular weight excluding hydrogens is 349 g/mol. The predicted molar refractivity (Wildman–Crippen MR) is 99.7 cm³/mol. The van der Waals surface area contributed by atoms with Gasteiger partial charge in [0.15, 0.2) is 0 Å². The second-order valence-corrected chi connectivity index (χ2v) is 6.52. The van der Waals surface area contributed by atoms with Gasteiger partial charge in [0.2, 0.25) is 5.91 Å². The second kappa shape index (κ2) is 8.64. The first kappa shape index (κ1) is 18.8. The molecule has 0 saturated carbocycles. The van der Waals surface area contributed by atoms with Crippen molar-refractivity contribution in [1.29, 1.82) is 0 Å². The summed E-state index contributed by atoms with van der Waals surface area (Å²) >= 11 is 0. The molecule has 27 heavy (non-hydrogen) atoms. The molecule has 0 spiro atoms. The Morgan fingerprint density at radius 1 is 1.15 bits per heavy atom. The van der Waals surface area contributed by atoms with Gasteiger partial charge < -0.3 is 20.6 Å². The maximum Gasteiger partial charge on any atom is 0.322 e. The maximum absolute atomic E-state index is 13.2. The van der Waals surface area contributed by atoms with Gasteiger partial charge in [0.25, 0.3) is 0 Å². The van der Waals surface area contributed by atoms with Crippen LogP contribution >= 0.6 is 0 Å². The predicted octanol–water partition coefficient (Wildman–Crippen LogP) is 2.15. The van der Waals surface area contributed by atoms with Crippen LogP contribution in [-0.4, -0.2) is 47.2 Å². The van der Waals surface area contributed by atoms with Crippen molar-refractivity contribution in [2.75, 3.05) is 18.4 Å². The number of nitrogens with zero attached hydrogens (tertiary/aromatic N) is 1. The Balaban J connectivity index is 1.56. The standard InChI is InChI=1S/C20H22FN3O3/c21-15-6-4-5-14(11-15)9-10-22-19(26)18-12-17(25)13-24(18)20(27)23-16-7-2-1-3-8-16/h1-8,11,17-18,25H,9-10,12-13H2,(H,22,26)(H,23,27)/t17-,18+/m1/s1. The number of rotatable bonds is 5. The number of para-hydroxylation sites is 1. The summed E-state index contributed by atoms with van der Waals surface area (Å²) in [4.78, 5) is 26.3. The van der Waals surface area contributed by atoms with Gasteiger partial charge in [-0.1, -0.05) is 30.3 Å². The fourth-order valence-corrected chi connectivity index (χ4v) is 3.14. The van der Waals surface area contributed by atoms with Crippen LogP contribution in [0.3, 0.4) is 0 Å². The molecule has 7 heteroatoms. The van der Waals surface area contributed by atoms with E-state index in [0.717, 1.165) is 5.56 Å². The minimum atomic E-state index is -0.745. The number of benzene rings is 2. The Hall–Kier alpha value is -2.93. The lowest BCUT2D eigenvalue weighted by Crippen LogP contribution is -2.47. The SMILES string of the molecule is O=C(NCCc1cccc(F)c1)[C@@H]1C[C@@H](O)CN1C(=O)Nc1ccccc1. The quantitative estimate of drug-likeness (QED) is 0.753. The molecule has 0 unspecified atom stereocenters. The van der Waals surface area contributed by atoms with Crippen LogP contribution in [0.25, 0.3) is 0 Å². The average molecular weight is 371 g/mol. The number of urea groups is 1. The summed E-state index contributed by atoms with van der Waals surface area (Å²) in [5.41, 5.74) is 1.40. The molecule has 0 radical (unpaired) electrons. The van der Waals surface area contributed by atoms with Gasteiger partial charge >= 0.3 is 6.03 Å². The maximum atomic E-state index is 13.2. The molecule has 2 atom stereocenters. The van der Waals surface area contributed by atoms with Crippen molar-refractivity contribution in [3.05, 3.63) is 66.0 Å². The number of hydrogen-bond acceptors (Lipinski definition) is 3. The summed E-state index contributed by atoms with van der Waals surface area (Å²) in [5, 5.41) is 15.4. The summed E-state index contributed by atoms with van der Waals surface area (Å²) in [6.45, 7) is 0.420. The van der Waals surface area contributed by atoms with Crippen LogP contribution in [-0.2, 0) is 11.2 Å². The average Bonchev–Trinajstić information content (AvgIpc) is 3.05. The number of carbonyl (C=O) groups excluding carboxylic acids is 2. The van der Waals surface area contributed by atoms with Crippen LogP contribution in [0.5, 0.6) is 0 Å². The van der Waals surface area contributed by atoms with E-state index in [4.69, 9.17) is 0 Å². The summed E-state index contributed by atoms with van der Waals surface area (Å²) < 4.78 is 13.2. The van der Waals surface area contributed by atoms with Crippen molar-refractivity contribution in [3.63, 3.8) is 0 Å². The number of carbonyl (C=O) groups is 2. The van der Waals surface area contributed by atoms with Gasteiger partial charge in [-0.25, -0.2) is 9.18 Å². The molecular formula is C20H22FN3O3. The highest BCUT2D eigenvalue weighted by Crippen LogP contribution is 2.20. The molecule has 6 nitrogen and oxygen atoms in total. The van der Waals surface area contributed by atoms with Crippen LogP contribution in [0.4, 0.5) is 14.9 Å². The van der Waals surface area contributed by atoms with Gasteiger partial charge in [0, 0.05) is 25.2 Å². The van der Waals surface area contributed by atoms with Gasteiger partial charge in [-0.15, -0.1) is 0 Å². The Labute approximate surface area is 157 Å². The molecule has 3 amide bonds. The molecule has 1 aliphatic rings. The zero-order valence-corrected chi connectivity index (χ0v) is 14.8.